The van der Waals surface area contributed by atoms with Gasteiger partial charge in [-0.1, -0.05) is 18.2 Å². The molecule has 60 heavy (non-hydrogen) atoms. The summed E-state index contributed by atoms with van der Waals surface area (Å²) >= 11 is 0. The zero-order valence-electron chi connectivity index (χ0n) is 34.3. The summed E-state index contributed by atoms with van der Waals surface area (Å²) in [6, 6.07) is 11.6. The number of hydrogen-bond donors (Lipinski definition) is 6. The van der Waals surface area contributed by atoms with Gasteiger partial charge in [-0.05, 0) is 41.3 Å². The van der Waals surface area contributed by atoms with Crippen LogP contribution in [0.5, 0.6) is 0 Å². The summed E-state index contributed by atoms with van der Waals surface area (Å²) in [5.41, 5.74) is 23.2. The van der Waals surface area contributed by atoms with Crippen molar-refractivity contribution in [3.05, 3.63) is 70.0 Å². The Morgan fingerprint density at radius 2 is 1.37 bits per heavy atom. The van der Waals surface area contributed by atoms with E-state index in [2.05, 4.69) is 38.8 Å². The zero-order valence-corrected chi connectivity index (χ0v) is 34.3. The lowest BCUT2D eigenvalue weighted by atomic mass is 9.96. The molecule has 19 nitrogen and oxygen atoms in total. The Kier molecular flexibility index (Phi) is 20.6. The third-order valence-corrected chi connectivity index (χ3v) is 9.44. The number of nitrogens with one attached hydrogen (secondary N) is 3. The van der Waals surface area contributed by atoms with Crippen molar-refractivity contribution in [3.8, 4) is 0 Å². The number of fused-ring (bicyclic) bond motifs is 2. The first-order valence-corrected chi connectivity index (χ1v) is 20.4. The van der Waals surface area contributed by atoms with E-state index in [1.165, 1.54) is 11.9 Å². The minimum Gasteiger partial charge on any atom is -0.424 e. The molecule has 0 saturated heterocycles. The molecule has 1 amide bonds. The maximum Gasteiger partial charge on any atom is 0.292 e. The molecule has 5 rings (SSSR count). The first-order valence-electron chi connectivity index (χ1n) is 20.4. The maximum atomic E-state index is 13.0. The summed E-state index contributed by atoms with van der Waals surface area (Å²) in [5.74, 6) is 0.319. The Balaban J connectivity index is 0.851. The van der Waals surface area contributed by atoms with Crippen molar-refractivity contribution >= 4 is 35.1 Å². The SMILES string of the molecule is N=C(C1=C(N)N=CNC1NCc1ccc2c(c1)CCN(C(=O)CCOCCOCCOCCOCCOCCOCCOCCOCCN)C2)c1ccc2oc(N)nc2c1. The fourth-order valence-corrected chi connectivity index (χ4v) is 6.36. The monoisotopic (exact) mass is 839 g/mol. The molecule has 1 aromatic heterocycles. The minimum absolute atomic E-state index is 0.0671. The van der Waals surface area contributed by atoms with Crippen LogP contribution in [0.3, 0.4) is 0 Å². The molecule has 0 bridgehead atoms. The molecule has 3 aromatic rings. The number of oxazole rings is 1. The van der Waals surface area contributed by atoms with E-state index in [0.29, 0.717) is 161 Å². The Bertz CT molecular complexity index is 1820. The average molecular weight is 840 g/mol. The van der Waals surface area contributed by atoms with E-state index in [1.807, 2.05) is 4.90 Å². The van der Waals surface area contributed by atoms with Crippen LogP contribution in [0.1, 0.15) is 28.7 Å². The van der Waals surface area contributed by atoms with E-state index in [0.717, 1.165) is 17.5 Å². The van der Waals surface area contributed by atoms with E-state index < -0.39 is 6.17 Å². The number of benzene rings is 2. The molecule has 0 fully saturated rings. The van der Waals surface area contributed by atoms with Crippen molar-refractivity contribution in [3.63, 3.8) is 0 Å². The summed E-state index contributed by atoms with van der Waals surface area (Å²) in [5, 5.41) is 15.6. The first kappa shape index (κ1) is 46.5. The average Bonchev–Trinajstić information content (AvgIpc) is 3.64. The molecule has 2 aromatic carbocycles. The molecular weight excluding hydrogens is 779 g/mol. The number of anilines is 1. The summed E-state index contributed by atoms with van der Waals surface area (Å²) in [7, 11) is 0. The second kappa shape index (κ2) is 26.6. The molecule has 1 atom stereocenters. The number of carbonyl (C=O) groups is 1. The normalized spacial score (nSPS) is 15.2. The van der Waals surface area contributed by atoms with Gasteiger partial charge in [0.1, 0.15) is 17.5 Å². The Morgan fingerprint density at radius 1 is 0.783 bits per heavy atom. The van der Waals surface area contributed by atoms with Gasteiger partial charge in [0.05, 0.1) is 130 Å². The highest BCUT2D eigenvalue weighted by Crippen LogP contribution is 2.24. The standard InChI is InChI=1S/C41H61N9O10/c42-7-10-53-12-14-55-16-18-57-20-22-59-24-23-58-21-19-56-17-15-54-13-11-52-9-6-36(51)50-8-5-31-25-30(1-2-33(31)28-50)27-46-40-37(39(44)47-29-48-40)38(43)32-3-4-35-34(26-32)49-41(45)60-35/h1-4,25-26,29,40,43,46H,5-24,27-28,42,44H2,(H2,45,49)(H,47,48). The lowest BCUT2D eigenvalue weighted by molar-refractivity contribution is -0.133. The number of ether oxygens (including phenoxy) is 8. The van der Waals surface area contributed by atoms with Crippen LogP contribution >= 0.6 is 0 Å². The molecule has 2 aliphatic rings. The molecule has 0 aliphatic carbocycles. The van der Waals surface area contributed by atoms with E-state index in [-0.39, 0.29) is 23.5 Å². The number of nitrogens with two attached hydrogens (primary N) is 3. The first-order chi connectivity index (χ1) is 29.4. The van der Waals surface area contributed by atoms with Crippen molar-refractivity contribution in [1.82, 2.24) is 20.5 Å². The molecule has 19 heteroatoms. The smallest absolute Gasteiger partial charge is 0.292 e. The fourth-order valence-electron chi connectivity index (χ4n) is 6.36. The number of aromatic nitrogens is 1. The molecule has 9 N–H and O–H groups in total. The van der Waals surface area contributed by atoms with Crippen molar-refractivity contribution in [2.75, 3.05) is 125 Å². The van der Waals surface area contributed by atoms with Gasteiger partial charge in [0.25, 0.3) is 6.01 Å². The molecule has 0 saturated carbocycles. The van der Waals surface area contributed by atoms with E-state index in [9.17, 15) is 4.79 Å². The Morgan fingerprint density at radius 3 is 1.97 bits per heavy atom. The highest BCUT2D eigenvalue weighted by molar-refractivity contribution is 6.13. The quantitative estimate of drug-likeness (QED) is 0.0391. The topological polar surface area (TPSA) is 259 Å². The van der Waals surface area contributed by atoms with Crippen molar-refractivity contribution < 1.29 is 47.1 Å². The second-order valence-electron chi connectivity index (χ2n) is 13.8. The maximum absolute atomic E-state index is 13.0. The molecule has 3 heterocycles. The summed E-state index contributed by atoms with van der Waals surface area (Å²) in [4.78, 5) is 23.2. The predicted molar refractivity (Wildman–Crippen MR) is 225 cm³/mol. The highest BCUT2D eigenvalue weighted by Gasteiger charge is 2.26. The van der Waals surface area contributed by atoms with Crippen molar-refractivity contribution in [2.24, 2.45) is 16.5 Å². The van der Waals surface area contributed by atoms with Gasteiger partial charge in [-0.3, -0.25) is 15.5 Å². The van der Waals surface area contributed by atoms with E-state index in [4.69, 9.17) is 64.9 Å². The van der Waals surface area contributed by atoms with Crippen molar-refractivity contribution in [1.29, 1.82) is 5.41 Å². The van der Waals surface area contributed by atoms with Crippen molar-refractivity contribution in [2.45, 2.75) is 32.1 Å². The number of carbonyl (C=O) groups excluding carboxylic acids is 1. The van der Waals surface area contributed by atoms with Crippen LogP contribution in [0.15, 0.2) is 57.2 Å². The number of hydrogen-bond acceptors (Lipinski definition) is 18. The molecule has 2 aliphatic heterocycles. The van der Waals surface area contributed by atoms with Crippen LogP contribution in [0.2, 0.25) is 0 Å². The Hall–Kier alpha value is -4.54. The summed E-state index contributed by atoms with van der Waals surface area (Å²) < 4.78 is 49.1. The van der Waals surface area contributed by atoms with Gasteiger partial charge in [0.2, 0.25) is 5.91 Å². The summed E-state index contributed by atoms with van der Waals surface area (Å²) in [6.07, 6.45) is 2.16. The number of aliphatic imine (C=N–C) groups is 1. The van der Waals surface area contributed by atoms with E-state index >= 15 is 0 Å². The van der Waals surface area contributed by atoms with Crippen LogP contribution in [-0.4, -0.2) is 153 Å². The van der Waals surface area contributed by atoms with Crippen LogP contribution < -0.4 is 27.8 Å². The second-order valence-corrected chi connectivity index (χ2v) is 13.8. The molecule has 0 radical (unpaired) electrons. The van der Waals surface area contributed by atoms with Gasteiger partial charge in [-0.2, -0.15) is 4.98 Å². The Labute approximate surface area is 350 Å². The lowest BCUT2D eigenvalue weighted by Crippen LogP contribution is -2.47. The van der Waals surface area contributed by atoms with Gasteiger partial charge in [0, 0.05) is 31.7 Å². The minimum atomic E-state index is -0.443. The van der Waals surface area contributed by atoms with Crippen LogP contribution in [0, 0.1) is 5.41 Å². The molecular formula is C41H61N9O10. The third kappa shape index (κ3) is 15.8. The number of nitrogens with zero attached hydrogens (tertiary/aromatic N) is 3. The predicted octanol–water partition coefficient (Wildman–Crippen LogP) is 1.06. The number of nitrogen functional groups attached to an aromatic ring is 1. The van der Waals surface area contributed by atoms with Crippen LogP contribution in [-0.2, 0) is 62.2 Å². The molecule has 330 valence electrons. The highest BCUT2D eigenvalue weighted by atomic mass is 16.6. The number of rotatable bonds is 31. The molecule has 0 spiro atoms. The van der Waals surface area contributed by atoms with E-state index in [1.54, 1.807) is 18.2 Å². The lowest BCUT2D eigenvalue weighted by Gasteiger charge is -2.30. The third-order valence-electron chi connectivity index (χ3n) is 9.44. The van der Waals surface area contributed by atoms with Gasteiger partial charge in [-0.25, -0.2) is 4.99 Å². The summed E-state index contributed by atoms with van der Waals surface area (Å²) in [6.45, 7) is 9.89. The fraction of sp³-hybridized carbons (Fsp3) is 0.561. The number of amides is 1. The molecule has 1 unspecified atom stereocenters. The van der Waals surface area contributed by atoms with Gasteiger partial charge in [0.15, 0.2) is 5.58 Å². The van der Waals surface area contributed by atoms with Crippen LogP contribution in [0.4, 0.5) is 6.01 Å². The largest absolute Gasteiger partial charge is 0.424 e. The van der Waals surface area contributed by atoms with Crippen LogP contribution in [0.25, 0.3) is 11.1 Å². The zero-order chi connectivity index (χ0) is 42.2. The van der Waals surface area contributed by atoms with Gasteiger partial charge >= 0.3 is 0 Å². The van der Waals surface area contributed by atoms with Gasteiger partial charge < -0.3 is 69.7 Å². The van der Waals surface area contributed by atoms with Gasteiger partial charge in [-0.15, -0.1) is 0 Å².